The molecule has 0 saturated carbocycles. The second-order valence-corrected chi connectivity index (χ2v) is 7.40. The van der Waals surface area contributed by atoms with Gasteiger partial charge in [-0.15, -0.1) is 0 Å². The summed E-state index contributed by atoms with van der Waals surface area (Å²) in [5, 5.41) is 0. The van der Waals surface area contributed by atoms with Crippen molar-refractivity contribution in [1.82, 2.24) is 0 Å². The van der Waals surface area contributed by atoms with Crippen molar-refractivity contribution >= 4 is 12.0 Å². The van der Waals surface area contributed by atoms with Crippen LogP contribution in [0.2, 0.25) is 0 Å². The maximum absolute atomic E-state index is 13.5. The predicted molar refractivity (Wildman–Crippen MR) is 103 cm³/mol. The second-order valence-electron chi connectivity index (χ2n) is 7.40. The Morgan fingerprint density at radius 3 is 1.74 bits per heavy atom. The first-order valence-corrected chi connectivity index (χ1v) is 9.00. The molecular weight excluding hydrogens is 423 g/mol. The third-order valence-corrected chi connectivity index (χ3v) is 4.80. The number of nitrogens with zero attached hydrogens (tertiary/aromatic N) is 2. The Morgan fingerprint density at radius 1 is 0.742 bits per heavy atom. The molecule has 2 aromatic rings. The quantitative estimate of drug-likeness (QED) is 0.552. The van der Waals surface area contributed by atoms with Gasteiger partial charge in [0.2, 0.25) is 0 Å². The molecular formula is C20H19F5N4O2. The van der Waals surface area contributed by atoms with Crippen molar-refractivity contribution in [3.63, 3.8) is 0 Å². The molecule has 4 N–H and O–H groups in total. The number of rotatable bonds is 2. The van der Waals surface area contributed by atoms with Crippen molar-refractivity contribution in [3.8, 4) is 0 Å². The van der Waals surface area contributed by atoms with Crippen LogP contribution in [0, 0.1) is 29.1 Å². The van der Waals surface area contributed by atoms with E-state index in [1.165, 1.54) is 19.1 Å². The van der Waals surface area contributed by atoms with Crippen molar-refractivity contribution in [3.05, 3.63) is 70.5 Å². The summed E-state index contributed by atoms with van der Waals surface area (Å²) in [4.78, 5) is 7.82. The smallest absolute Gasteiger partial charge is 0.283 e. The van der Waals surface area contributed by atoms with Gasteiger partial charge >= 0.3 is 0 Å². The Labute approximate surface area is 174 Å². The van der Waals surface area contributed by atoms with Crippen molar-refractivity contribution in [2.75, 3.05) is 13.2 Å². The molecule has 2 aromatic carbocycles. The number of amidine groups is 2. The molecule has 11 heteroatoms. The predicted octanol–water partition coefficient (Wildman–Crippen LogP) is 3.19. The minimum Gasteiger partial charge on any atom is -0.462 e. The molecule has 0 saturated heterocycles. The lowest BCUT2D eigenvalue weighted by Gasteiger charge is -2.19. The highest BCUT2D eigenvalue weighted by Crippen LogP contribution is 2.33. The molecule has 0 fully saturated rings. The van der Waals surface area contributed by atoms with E-state index >= 15 is 0 Å². The molecule has 2 aliphatic heterocycles. The fraction of sp³-hybridized carbons (Fsp3) is 0.300. The number of aliphatic imine (C=N–C) groups is 2. The van der Waals surface area contributed by atoms with E-state index in [1.807, 2.05) is 0 Å². The lowest BCUT2D eigenvalue weighted by atomic mass is 9.93. The molecule has 0 spiro atoms. The molecule has 0 aliphatic carbocycles. The third-order valence-electron chi connectivity index (χ3n) is 4.80. The van der Waals surface area contributed by atoms with Crippen LogP contribution in [0.5, 0.6) is 0 Å². The van der Waals surface area contributed by atoms with Gasteiger partial charge in [-0.3, -0.25) is 0 Å². The number of hydrogen-bond donors (Lipinski definition) is 2. The molecule has 0 radical (unpaired) electrons. The minimum absolute atomic E-state index is 0.0289. The van der Waals surface area contributed by atoms with Crippen molar-refractivity contribution < 1.29 is 31.4 Å². The van der Waals surface area contributed by atoms with Crippen LogP contribution in [0.1, 0.15) is 25.0 Å². The number of nitrogens with two attached hydrogens (primary N) is 2. The van der Waals surface area contributed by atoms with Gasteiger partial charge in [-0.05, 0) is 26.0 Å². The van der Waals surface area contributed by atoms with E-state index in [2.05, 4.69) is 9.98 Å². The van der Waals surface area contributed by atoms with Crippen LogP contribution in [-0.2, 0) is 20.6 Å². The highest BCUT2D eigenvalue weighted by Gasteiger charge is 2.37. The SMILES string of the molecule is CC1(c2cc(F)cc(F)c2F)COC(N)=N1.C[C@]1(c2ccc(F)cc2F)COC(N)=N1. The molecule has 2 heterocycles. The van der Waals surface area contributed by atoms with Crippen molar-refractivity contribution in [2.45, 2.75) is 24.9 Å². The summed E-state index contributed by atoms with van der Waals surface area (Å²) in [6.45, 7) is 3.30. The van der Waals surface area contributed by atoms with Crippen molar-refractivity contribution in [1.29, 1.82) is 0 Å². The van der Waals surface area contributed by atoms with Gasteiger partial charge in [-0.1, -0.05) is 6.07 Å². The maximum Gasteiger partial charge on any atom is 0.283 e. The summed E-state index contributed by atoms with van der Waals surface area (Å²) in [5.74, 6) is -4.51. The molecule has 4 rings (SSSR count). The molecule has 2 atom stereocenters. The summed E-state index contributed by atoms with van der Waals surface area (Å²) in [6, 6.07) is 4.65. The molecule has 1 unspecified atom stereocenters. The van der Waals surface area contributed by atoms with Crippen LogP contribution in [0.25, 0.3) is 0 Å². The third kappa shape index (κ3) is 4.54. The molecule has 2 aliphatic rings. The number of hydrogen-bond acceptors (Lipinski definition) is 6. The summed E-state index contributed by atoms with van der Waals surface area (Å²) < 4.78 is 75.5. The van der Waals surface area contributed by atoms with Gasteiger partial charge in [-0.25, -0.2) is 31.9 Å². The Kier molecular flexibility index (Phi) is 5.79. The Bertz CT molecular complexity index is 1080. The molecule has 0 bridgehead atoms. The Morgan fingerprint density at radius 2 is 1.26 bits per heavy atom. The van der Waals surface area contributed by atoms with E-state index in [1.54, 1.807) is 6.92 Å². The second kappa shape index (κ2) is 8.05. The highest BCUT2D eigenvalue weighted by molar-refractivity contribution is 5.74. The zero-order valence-electron chi connectivity index (χ0n) is 16.6. The van der Waals surface area contributed by atoms with E-state index in [4.69, 9.17) is 20.9 Å². The molecule has 6 nitrogen and oxygen atoms in total. The summed E-state index contributed by atoms with van der Waals surface area (Å²) in [7, 11) is 0. The first-order valence-electron chi connectivity index (χ1n) is 9.00. The Hall–Kier alpha value is -3.37. The largest absolute Gasteiger partial charge is 0.462 e. The first-order chi connectivity index (χ1) is 14.4. The number of ether oxygens (including phenoxy) is 2. The Balaban J connectivity index is 0.000000176. The normalized spacial score (nSPS) is 24.5. The highest BCUT2D eigenvalue weighted by atomic mass is 19.2. The van der Waals surface area contributed by atoms with Gasteiger partial charge < -0.3 is 20.9 Å². The maximum atomic E-state index is 13.5. The summed E-state index contributed by atoms with van der Waals surface area (Å²) >= 11 is 0. The zero-order valence-corrected chi connectivity index (χ0v) is 16.6. The number of benzene rings is 2. The van der Waals surface area contributed by atoms with Crippen LogP contribution in [-0.4, -0.2) is 25.3 Å². The standard InChI is InChI=1S/C10H9F3N2O.C10H10F2N2O/c1-10(4-16-9(14)15-10)6-2-5(11)3-7(12)8(6)13;1-10(5-15-9(13)14-10)7-3-2-6(11)4-8(7)12/h2-3H,4H2,1H3,(H2,14,15);2-4H,5H2,1H3,(H2,13,14)/t;10-/m.1/s1. The van der Waals surface area contributed by atoms with E-state index in [-0.39, 0.29) is 36.4 Å². The molecule has 31 heavy (non-hydrogen) atoms. The monoisotopic (exact) mass is 442 g/mol. The van der Waals surface area contributed by atoms with Crippen LogP contribution in [0.4, 0.5) is 22.0 Å². The van der Waals surface area contributed by atoms with E-state index in [9.17, 15) is 22.0 Å². The first kappa shape index (κ1) is 22.3. The van der Waals surface area contributed by atoms with Crippen LogP contribution < -0.4 is 11.5 Å². The van der Waals surface area contributed by atoms with E-state index in [0.717, 1.165) is 12.1 Å². The summed E-state index contributed by atoms with van der Waals surface area (Å²) in [5.41, 5.74) is 8.69. The van der Waals surface area contributed by atoms with E-state index in [0.29, 0.717) is 6.07 Å². The minimum atomic E-state index is -1.25. The fourth-order valence-corrected chi connectivity index (χ4v) is 3.19. The summed E-state index contributed by atoms with van der Waals surface area (Å²) in [6.07, 6.45) is 0. The van der Waals surface area contributed by atoms with Gasteiger partial charge in [0.1, 0.15) is 41.7 Å². The van der Waals surface area contributed by atoms with Crippen LogP contribution >= 0.6 is 0 Å². The van der Waals surface area contributed by atoms with Gasteiger partial charge in [-0.2, -0.15) is 0 Å². The zero-order chi connectivity index (χ0) is 23.0. The molecule has 166 valence electrons. The topological polar surface area (TPSA) is 95.2 Å². The average Bonchev–Trinajstić information content (AvgIpc) is 3.20. The van der Waals surface area contributed by atoms with Gasteiger partial charge in [0, 0.05) is 23.3 Å². The van der Waals surface area contributed by atoms with Gasteiger partial charge in [0.05, 0.1) is 0 Å². The van der Waals surface area contributed by atoms with Crippen LogP contribution in [0.3, 0.4) is 0 Å². The molecule has 0 amide bonds. The fourth-order valence-electron chi connectivity index (χ4n) is 3.19. The number of halogens is 5. The van der Waals surface area contributed by atoms with Gasteiger partial charge in [0.15, 0.2) is 11.6 Å². The lowest BCUT2D eigenvalue weighted by molar-refractivity contribution is 0.260. The lowest BCUT2D eigenvalue weighted by Crippen LogP contribution is -2.23. The van der Waals surface area contributed by atoms with E-state index < -0.39 is 40.2 Å². The van der Waals surface area contributed by atoms with Crippen molar-refractivity contribution in [2.24, 2.45) is 21.5 Å². The van der Waals surface area contributed by atoms with Gasteiger partial charge in [0.25, 0.3) is 12.0 Å². The average molecular weight is 442 g/mol. The van der Waals surface area contributed by atoms with Crippen LogP contribution in [0.15, 0.2) is 40.3 Å². The molecule has 0 aromatic heterocycles.